The predicted octanol–water partition coefficient (Wildman–Crippen LogP) is 3.06. The molecule has 0 aliphatic heterocycles. The average molecular weight is 292 g/mol. The minimum atomic E-state index is -0.478. The molecule has 0 saturated carbocycles. The van der Waals surface area contributed by atoms with Crippen molar-refractivity contribution in [2.24, 2.45) is 0 Å². The van der Waals surface area contributed by atoms with Crippen LogP contribution in [0.25, 0.3) is 0 Å². The molecule has 2 amide bonds. The third-order valence-electron chi connectivity index (χ3n) is 3.04. The summed E-state index contributed by atoms with van der Waals surface area (Å²) in [5.41, 5.74) is 1.91. The molecular weight excluding hydrogens is 268 g/mol. The number of methoxy groups -OCH3 is 1. The molecule has 0 atom stereocenters. The fraction of sp³-hybridized carbons (Fsp3) is 0.500. The summed E-state index contributed by atoms with van der Waals surface area (Å²) in [7, 11) is 1.31. The van der Waals surface area contributed by atoms with Crippen molar-refractivity contribution in [2.75, 3.05) is 19.0 Å². The SMILES string of the molecule is COC(=O)NCCCC(=O)Nc1ccccc1C(C)(C)C. The Hall–Kier alpha value is -2.04. The smallest absolute Gasteiger partial charge is 0.406 e. The molecule has 2 N–H and O–H groups in total. The van der Waals surface area contributed by atoms with Crippen molar-refractivity contribution in [1.29, 1.82) is 0 Å². The van der Waals surface area contributed by atoms with Gasteiger partial charge in [0.2, 0.25) is 5.91 Å². The molecule has 0 spiro atoms. The number of para-hydroxylation sites is 1. The van der Waals surface area contributed by atoms with E-state index in [-0.39, 0.29) is 11.3 Å². The largest absolute Gasteiger partial charge is 0.453 e. The van der Waals surface area contributed by atoms with Gasteiger partial charge in [-0.05, 0) is 23.5 Å². The van der Waals surface area contributed by atoms with E-state index in [0.29, 0.717) is 19.4 Å². The third-order valence-corrected chi connectivity index (χ3v) is 3.04. The summed E-state index contributed by atoms with van der Waals surface area (Å²) in [5, 5.41) is 5.48. The molecule has 0 saturated heterocycles. The Bertz CT molecular complexity index is 493. The Morgan fingerprint density at radius 2 is 1.86 bits per heavy atom. The number of nitrogens with one attached hydrogen (secondary N) is 2. The van der Waals surface area contributed by atoms with E-state index in [1.165, 1.54) is 7.11 Å². The van der Waals surface area contributed by atoms with Crippen molar-refractivity contribution in [3.63, 3.8) is 0 Å². The molecule has 1 rings (SSSR count). The molecule has 0 radical (unpaired) electrons. The number of anilines is 1. The zero-order chi connectivity index (χ0) is 15.9. The van der Waals surface area contributed by atoms with Crippen molar-refractivity contribution in [3.05, 3.63) is 29.8 Å². The molecule has 0 unspecified atom stereocenters. The Morgan fingerprint density at radius 3 is 2.48 bits per heavy atom. The first-order chi connectivity index (χ1) is 9.84. The van der Waals surface area contributed by atoms with Gasteiger partial charge in [0.25, 0.3) is 0 Å². The number of benzene rings is 1. The highest BCUT2D eigenvalue weighted by Crippen LogP contribution is 2.29. The van der Waals surface area contributed by atoms with Crippen LogP contribution < -0.4 is 10.6 Å². The van der Waals surface area contributed by atoms with E-state index in [0.717, 1.165) is 11.3 Å². The highest BCUT2D eigenvalue weighted by atomic mass is 16.5. The van der Waals surface area contributed by atoms with E-state index < -0.39 is 6.09 Å². The number of rotatable bonds is 5. The molecule has 0 fully saturated rings. The van der Waals surface area contributed by atoms with Gasteiger partial charge in [-0.3, -0.25) is 4.79 Å². The molecule has 0 aromatic heterocycles. The summed E-state index contributed by atoms with van der Waals surface area (Å²) >= 11 is 0. The van der Waals surface area contributed by atoms with Crippen LogP contribution in [0.1, 0.15) is 39.2 Å². The van der Waals surface area contributed by atoms with Crippen molar-refractivity contribution >= 4 is 17.7 Å². The first kappa shape index (κ1) is 17.0. The highest BCUT2D eigenvalue weighted by molar-refractivity contribution is 5.91. The molecule has 0 aliphatic carbocycles. The maximum atomic E-state index is 12.0. The Kier molecular flexibility index (Phi) is 6.21. The van der Waals surface area contributed by atoms with Gasteiger partial charge in [-0.15, -0.1) is 0 Å². The topological polar surface area (TPSA) is 67.4 Å². The lowest BCUT2D eigenvalue weighted by molar-refractivity contribution is -0.116. The molecule has 1 aromatic carbocycles. The lowest BCUT2D eigenvalue weighted by Crippen LogP contribution is -2.25. The predicted molar refractivity (Wildman–Crippen MR) is 83.4 cm³/mol. The van der Waals surface area contributed by atoms with Gasteiger partial charge in [0.05, 0.1) is 7.11 Å². The second kappa shape index (κ2) is 7.67. The van der Waals surface area contributed by atoms with Crippen LogP contribution in [0.3, 0.4) is 0 Å². The molecule has 0 aliphatic rings. The summed E-state index contributed by atoms with van der Waals surface area (Å²) < 4.78 is 4.46. The molecule has 116 valence electrons. The normalized spacial score (nSPS) is 10.9. The van der Waals surface area contributed by atoms with Gasteiger partial charge >= 0.3 is 6.09 Å². The molecule has 5 heteroatoms. The van der Waals surface area contributed by atoms with Gasteiger partial charge in [0.15, 0.2) is 0 Å². The summed E-state index contributed by atoms with van der Waals surface area (Å²) in [6.45, 7) is 6.75. The fourth-order valence-electron chi connectivity index (χ4n) is 1.97. The maximum Gasteiger partial charge on any atom is 0.406 e. The summed E-state index contributed by atoms with van der Waals surface area (Å²) in [5.74, 6) is -0.0571. The Balaban J connectivity index is 2.50. The molecule has 0 heterocycles. The average Bonchev–Trinajstić information content (AvgIpc) is 2.42. The third kappa shape index (κ3) is 5.85. The number of amides is 2. The number of hydrogen-bond acceptors (Lipinski definition) is 3. The van der Waals surface area contributed by atoms with E-state index in [9.17, 15) is 9.59 Å². The number of alkyl carbamates (subject to hydrolysis) is 1. The van der Waals surface area contributed by atoms with Gasteiger partial charge in [0.1, 0.15) is 0 Å². The summed E-state index contributed by atoms with van der Waals surface area (Å²) in [6.07, 6.45) is 0.439. The number of carbonyl (C=O) groups excluding carboxylic acids is 2. The lowest BCUT2D eigenvalue weighted by Gasteiger charge is -2.23. The standard InChI is InChI=1S/C16H24N2O3/c1-16(2,3)12-8-5-6-9-13(12)18-14(19)10-7-11-17-15(20)21-4/h5-6,8-9H,7,10-11H2,1-4H3,(H,17,20)(H,18,19). The van der Waals surface area contributed by atoms with Gasteiger partial charge in [0, 0.05) is 18.7 Å². The Morgan fingerprint density at radius 1 is 1.19 bits per heavy atom. The summed E-state index contributed by atoms with van der Waals surface area (Å²) in [6, 6.07) is 7.81. The van der Waals surface area contributed by atoms with E-state index in [1.54, 1.807) is 0 Å². The van der Waals surface area contributed by atoms with Crippen LogP contribution in [0.4, 0.5) is 10.5 Å². The van der Waals surface area contributed by atoms with Crippen LogP contribution in [0, 0.1) is 0 Å². The minimum Gasteiger partial charge on any atom is -0.453 e. The first-order valence-corrected chi connectivity index (χ1v) is 7.06. The first-order valence-electron chi connectivity index (χ1n) is 7.06. The van der Waals surface area contributed by atoms with Crippen molar-refractivity contribution < 1.29 is 14.3 Å². The second-order valence-electron chi connectivity index (χ2n) is 5.87. The number of hydrogen-bond donors (Lipinski definition) is 2. The van der Waals surface area contributed by atoms with E-state index in [1.807, 2.05) is 24.3 Å². The zero-order valence-corrected chi connectivity index (χ0v) is 13.2. The van der Waals surface area contributed by atoms with Crippen LogP contribution in [0.15, 0.2) is 24.3 Å². The van der Waals surface area contributed by atoms with E-state index >= 15 is 0 Å². The molecule has 21 heavy (non-hydrogen) atoms. The minimum absolute atomic E-state index is 0.0314. The molecule has 0 bridgehead atoms. The van der Waals surface area contributed by atoms with Gasteiger partial charge < -0.3 is 15.4 Å². The quantitative estimate of drug-likeness (QED) is 0.820. The van der Waals surface area contributed by atoms with Crippen molar-refractivity contribution in [3.8, 4) is 0 Å². The van der Waals surface area contributed by atoms with Crippen molar-refractivity contribution in [2.45, 2.75) is 39.0 Å². The Labute approximate surface area is 126 Å². The maximum absolute atomic E-state index is 12.0. The molecule has 1 aromatic rings. The fourth-order valence-corrected chi connectivity index (χ4v) is 1.97. The van der Waals surface area contributed by atoms with Gasteiger partial charge in [-0.1, -0.05) is 39.0 Å². The second-order valence-corrected chi connectivity index (χ2v) is 5.87. The van der Waals surface area contributed by atoms with Gasteiger partial charge in [-0.2, -0.15) is 0 Å². The van der Waals surface area contributed by atoms with Crippen LogP contribution in [-0.2, 0) is 14.9 Å². The summed E-state index contributed by atoms with van der Waals surface area (Å²) in [4.78, 5) is 22.8. The van der Waals surface area contributed by atoms with E-state index in [4.69, 9.17) is 0 Å². The van der Waals surface area contributed by atoms with Crippen LogP contribution >= 0.6 is 0 Å². The zero-order valence-electron chi connectivity index (χ0n) is 13.2. The van der Waals surface area contributed by atoms with Crippen LogP contribution in [0.5, 0.6) is 0 Å². The van der Waals surface area contributed by atoms with Crippen LogP contribution in [-0.4, -0.2) is 25.7 Å². The number of carbonyl (C=O) groups is 2. The number of ether oxygens (including phenoxy) is 1. The van der Waals surface area contributed by atoms with E-state index in [2.05, 4.69) is 36.1 Å². The molecule has 5 nitrogen and oxygen atoms in total. The van der Waals surface area contributed by atoms with Crippen LogP contribution in [0.2, 0.25) is 0 Å². The monoisotopic (exact) mass is 292 g/mol. The highest BCUT2D eigenvalue weighted by Gasteiger charge is 2.18. The van der Waals surface area contributed by atoms with Gasteiger partial charge in [-0.25, -0.2) is 4.79 Å². The van der Waals surface area contributed by atoms with Crippen molar-refractivity contribution in [1.82, 2.24) is 5.32 Å². The lowest BCUT2D eigenvalue weighted by atomic mass is 9.86. The molecular formula is C16H24N2O3.